The standard InChI is InChI=1S/C13H20FNO/c1-10(2)9-16-7-6-15-13-8-12(14)5-4-11(13)3/h4-5,8,10,15H,6-7,9H2,1-3H3. The van der Waals surface area contributed by atoms with Crippen LogP contribution in [0.5, 0.6) is 0 Å². The molecule has 1 aromatic carbocycles. The molecule has 16 heavy (non-hydrogen) atoms. The Morgan fingerprint density at radius 1 is 1.38 bits per heavy atom. The summed E-state index contributed by atoms with van der Waals surface area (Å²) in [4.78, 5) is 0. The number of hydrogen-bond acceptors (Lipinski definition) is 2. The lowest BCUT2D eigenvalue weighted by molar-refractivity contribution is 0.118. The zero-order valence-electron chi connectivity index (χ0n) is 10.2. The lowest BCUT2D eigenvalue weighted by Crippen LogP contribution is -2.12. The minimum absolute atomic E-state index is 0.212. The van der Waals surface area contributed by atoms with E-state index in [1.807, 2.05) is 6.92 Å². The van der Waals surface area contributed by atoms with Gasteiger partial charge in [0, 0.05) is 18.8 Å². The minimum atomic E-state index is -0.212. The molecule has 0 heterocycles. The Labute approximate surface area is 96.8 Å². The molecule has 0 radical (unpaired) electrons. The molecule has 0 spiro atoms. The van der Waals surface area contributed by atoms with Crippen LogP contribution in [0.25, 0.3) is 0 Å². The van der Waals surface area contributed by atoms with Crippen molar-refractivity contribution in [2.24, 2.45) is 5.92 Å². The highest BCUT2D eigenvalue weighted by Crippen LogP contribution is 2.15. The molecule has 0 aromatic heterocycles. The average Bonchev–Trinajstić information content (AvgIpc) is 2.22. The van der Waals surface area contributed by atoms with Crippen LogP contribution in [0, 0.1) is 18.7 Å². The van der Waals surface area contributed by atoms with Crippen LogP contribution in [0.2, 0.25) is 0 Å². The van der Waals surface area contributed by atoms with Crippen LogP contribution in [0.3, 0.4) is 0 Å². The lowest BCUT2D eigenvalue weighted by Gasteiger charge is -2.10. The summed E-state index contributed by atoms with van der Waals surface area (Å²) in [7, 11) is 0. The number of halogens is 1. The molecule has 0 saturated carbocycles. The molecule has 0 unspecified atom stereocenters. The van der Waals surface area contributed by atoms with Crippen molar-refractivity contribution >= 4 is 5.69 Å². The Balaban J connectivity index is 2.29. The van der Waals surface area contributed by atoms with Crippen LogP contribution in [0.15, 0.2) is 18.2 Å². The van der Waals surface area contributed by atoms with Crippen LogP contribution in [-0.4, -0.2) is 19.8 Å². The first-order chi connectivity index (χ1) is 7.59. The number of rotatable bonds is 6. The number of hydrogen-bond donors (Lipinski definition) is 1. The van der Waals surface area contributed by atoms with E-state index in [-0.39, 0.29) is 5.82 Å². The van der Waals surface area contributed by atoms with Gasteiger partial charge >= 0.3 is 0 Å². The third-order valence-electron chi connectivity index (χ3n) is 2.21. The fraction of sp³-hybridized carbons (Fsp3) is 0.538. The minimum Gasteiger partial charge on any atom is -0.382 e. The number of benzene rings is 1. The van der Waals surface area contributed by atoms with Gasteiger partial charge in [-0.3, -0.25) is 0 Å². The summed E-state index contributed by atoms with van der Waals surface area (Å²) >= 11 is 0. The molecule has 0 atom stereocenters. The third-order valence-corrected chi connectivity index (χ3v) is 2.21. The average molecular weight is 225 g/mol. The summed E-state index contributed by atoms with van der Waals surface area (Å²) in [6.45, 7) is 8.31. The summed E-state index contributed by atoms with van der Waals surface area (Å²) in [5.41, 5.74) is 1.89. The second-order valence-corrected chi connectivity index (χ2v) is 4.35. The summed E-state index contributed by atoms with van der Waals surface area (Å²) in [6, 6.07) is 4.75. The highest BCUT2D eigenvalue weighted by atomic mass is 19.1. The van der Waals surface area contributed by atoms with Gasteiger partial charge in [-0.15, -0.1) is 0 Å². The van der Waals surface area contributed by atoms with Crippen LogP contribution >= 0.6 is 0 Å². The molecule has 0 fully saturated rings. The zero-order valence-corrected chi connectivity index (χ0v) is 10.2. The summed E-state index contributed by atoms with van der Waals surface area (Å²) in [6.07, 6.45) is 0. The topological polar surface area (TPSA) is 21.3 Å². The molecule has 3 heteroatoms. The van der Waals surface area contributed by atoms with E-state index in [1.165, 1.54) is 12.1 Å². The number of aryl methyl sites for hydroxylation is 1. The van der Waals surface area contributed by atoms with Crippen molar-refractivity contribution in [3.63, 3.8) is 0 Å². The zero-order chi connectivity index (χ0) is 12.0. The molecule has 0 bridgehead atoms. The molecular formula is C13H20FNO. The monoisotopic (exact) mass is 225 g/mol. The van der Waals surface area contributed by atoms with Crippen LogP contribution in [-0.2, 0) is 4.74 Å². The van der Waals surface area contributed by atoms with Gasteiger partial charge in [0.15, 0.2) is 0 Å². The van der Waals surface area contributed by atoms with Crippen molar-refractivity contribution in [3.05, 3.63) is 29.6 Å². The van der Waals surface area contributed by atoms with E-state index >= 15 is 0 Å². The van der Waals surface area contributed by atoms with Gasteiger partial charge in [-0.05, 0) is 30.5 Å². The van der Waals surface area contributed by atoms with Gasteiger partial charge in [-0.2, -0.15) is 0 Å². The van der Waals surface area contributed by atoms with Gasteiger partial charge in [0.2, 0.25) is 0 Å². The van der Waals surface area contributed by atoms with Gasteiger partial charge < -0.3 is 10.1 Å². The Morgan fingerprint density at radius 2 is 2.12 bits per heavy atom. The molecule has 0 aliphatic heterocycles. The molecule has 0 aliphatic rings. The van der Waals surface area contributed by atoms with Crippen molar-refractivity contribution in [3.8, 4) is 0 Å². The summed E-state index contributed by atoms with van der Waals surface area (Å²) < 4.78 is 18.4. The molecule has 1 rings (SSSR count). The Morgan fingerprint density at radius 3 is 2.81 bits per heavy atom. The quantitative estimate of drug-likeness (QED) is 0.750. The lowest BCUT2D eigenvalue weighted by atomic mass is 10.2. The molecule has 90 valence electrons. The number of ether oxygens (including phenoxy) is 1. The fourth-order valence-corrected chi connectivity index (χ4v) is 1.36. The third kappa shape index (κ3) is 4.62. The second-order valence-electron chi connectivity index (χ2n) is 4.35. The Bertz CT molecular complexity index is 326. The maximum Gasteiger partial charge on any atom is 0.125 e. The van der Waals surface area contributed by atoms with Gasteiger partial charge in [0.05, 0.1) is 6.61 Å². The van der Waals surface area contributed by atoms with Crippen LogP contribution in [0.4, 0.5) is 10.1 Å². The predicted octanol–water partition coefficient (Wildman–Crippen LogP) is 3.22. The number of nitrogens with one attached hydrogen (secondary N) is 1. The Hall–Kier alpha value is -1.09. The van der Waals surface area contributed by atoms with E-state index in [0.29, 0.717) is 19.1 Å². The van der Waals surface area contributed by atoms with Gasteiger partial charge in [-0.1, -0.05) is 19.9 Å². The van der Waals surface area contributed by atoms with Crippen molar-refractivity contribution < 1.29 is 9.13 Å². The summed E-state index contributed by atoms with van der Waals surface area (Å²) in [5, 5.41) is 3.16. The largest absolute Gasteiger partial charge is 0.382 e. The van der Waals surface area contributed by atoms with Crippen molar-refractivity contribution in [2.75, 3.05) is 25.1 Å². The smallest absolute Gasteiger partial charge is 0.125 e. The molecule has 1 N–H and O–H groups in total. The SMILES string of the molecule is Cc1ccc(F)cc1NCCOCC(C)C. The maximum atomic E-state index is 13.0. The van der Waals surface area contributed by atoms with Crippen molar-refractivity contribution in [1.29, 1.82) is 0 Å². The maximum absolute atomic E-state index is 13.0. The van der Waals surface area contributed by atoms with Gasteiger partial charge in [0.25, 0.3) is 0 Å². The van der Waals surface area contributed by atoms with E-state index in [2.05, 4.69) is 19.2 Å². The first kappa shape index (κ1) is 13.0. The van der Waals surface area contributed by atoms with Gasteiger partial charge in [-0.25, -0.2) is 4.39 Å². The normalized spacial score (nSPS) is 10.8. The molecule has 2 nitrogen and oxygen atoms in total. The van der Waals surface area contributed by atoms with Gasteiger partial charge in [0.1, 0.15) is 5.82 Å². The highest BCUT2D eigenvalue weighted by molar-refractivity contribution is 5.50. The highest BCUT2D eigenvalue weighted by Gasteiger charge is 1.99. The first-order valence-corrected chi connectivity index (χ1v) is 5.67. The fourth-order valence-electron chi connectivity index (χ4n) is 1.36. The van der Waals surface area contributed by atoms with E-state index < -0.39 is 0 Å². The Kier molecular flexibility index (Phi) is 5.26. The molecule has 1 aromatic rings. The number of anilines is 1. The molecule has 0 amide bonds. The van der Waals surface area contributed by atoms with E-state index in [1.54, 1.807) is 6.07 Å². The predicted molar refractivity (Wildman–Crippen MR) is 65.3 cm³/mol. The molecule has 0 saturated heterocycles. The molecular weight excluding hydrogens is 205 g/mol. The van der Waals surface area contributed by atoms with Crippen molar-refractivity contribution in [2.45, 2.75) is 20.8 Å². The van der Waals surface area contributed by atoms with Crippen LogP contribution < -0.4 is 5.32 Å². The van der Waals surface area contributed by atoms with Crippen LogP contribution in [0.1, 0.15) is 19.4 Å². The summed E-state index contributed by atoms with van der Waals surface area (Å²) in [5.74, 6) is 0.340. The first-order valence-electron chi connectivity index (χ1n) is 5.67. The van der Waals surface area contributed by atoms with E-state index in [0.717, 1.165) is 17.9 Å². The van der Waals surface area contributed by atoms with E-state index in [4.69, 9.17) is 4.74 Å². The van der Waals surface area contributed by atoms with E-state index in [9.17, 15) is 4.39 Å². The van der Waals surface area contributed by atoms with Crippen molar-refractivity contribution in [1.82, 2.24) is 0 Å². The molecule has 0 aliphatic carbocycles. The second kappa shape index (κ2) is 6.48.